The lowest BCUT2D eigenvalue weighted by Crippen LogP contribution is -2.54. The molecule has 1 aromatic carbocycles. The third-order valence-electron chi connectivity index (χ3n) is 5.70. The van der Waals surface area contributed by atoms with Gasteiger partial charge in [0.25, 0.3) is 0 Å². The van der Waals surface area contributed by atoms with Crippen LogP contribution in [0.4, 0.5) is 5.69 Å². The molecule has 0 amide bonds. The molecule has 0 aliphatic carbocycles. The molecule has 2 atom stereocenters. The van der Waals surface area contributed by atoms with Crippen molar-refractivity contribution in [3.63, 3.8) is 0 Å². The van der Waals surface area contributed by atoms with Crippen LogP contribution in [0.5, 0.6) is 0 Å². The first-order chi connectivity index (χ1) is 13.1. The van der Waals surface area contributed by atoms with E-state index in [0.717, 1.165) is 38.9 Å². The highest BCUT2D eigenvalue weighted by Crippen LogP contribution is 2.35. The second kappa shape index (κ2) is 9.03. The van der Waals surface area contributed by atoms with Crippen LogP contribution >= 0.6 is 0 Å². The summed E-state index contributed by atoms with van der Waals surface area (Å²) in [6, 6.07) is 6.39. The molecule has 0 radical (unpaired) electrons. The second-order valence-corrected chi connectivity index (χ2v) is 9.41. The summed E-state index contributed by atoms with van der Waals surface area (Å²) in [7, 11) is -3.55. The van der Waals surface area contributed by atoms with Gasteiger partial charge in [-0.2, -0.15) is 0 Å². The Kier molecular flexibility index (Phi) is 6.73. The number of hydrogen-bond acceptors (Lipinski definition) is 6. The minimum atomic E-state index is -3.55. The van der Waals surface area contributed by atoms with E-state index < -0.39 is 15.2 Å². The number of azide groups is 1. The molecule has 9 heteroatoms. The Labute approximate surface area is 160 Å². The maximum atomic E-state index is 13.4. The minimum Gasteiger partial charge on any atom is -0.396 e. The lowest BCUT2D eigenvalue weighted by molar-refractivity contribution is 0.0810. The molecule has 0 bridgehead atoms. The van der Waals surface area contributed by atoms with E-state index in [1.165, 1.54) is 24.3 Å². The number of hydrogen-bond donors (Lipinski definition) is 2. The molecule has 0 saturated carbocycles. The molecule has 27 heavy (non-hydrogen) atoms. The average Bonchev–Trinajstić information content (AvgIpc) is 2.69. The fourth-order valence-electron chi connectivity index (χ4n) is 4.23. The maximum absolute atomic E-state index is 13.4. The van der Waals surface area contributed by atoms with Crippen molar-refractivity contribution in [3.05, 3.63) is 34.7 Å². The molecule has 148 valence electrons. The number of aliphatic hydroxyl groups excluding tert-OH is 1. The Balaban J connectivity index is 1.89. The number of rotatable bonds is 6. The predicted molar refractivity (Wildman–Crippen MR) is 103 cm³/mol. The van der Waals surface area contributed by atoms with Crippen LogP contribution in [0, 0.1) is 5.92 Å². The number of likely N-dealkylation sites (tertiary alicyclic amines) is 1. The molecule has 3 rings (SSSR count). The van der Waals surface area contributed by atoms with Crippen molar-refractivity contribution in [1.82, 2.24) is 10.2 Å². The summed E-state index contributed by atoms with van der Waals surface area (Å²) in [5, 5.41) is 15.6. The molecule has 2 unspecified atom stereocenters. The van der Waals surface area contributed by atoms with E-state index in [-0.39, 0.29) is 23.5 Å². The van der Waals surface area contributed by atoms with E-state index in [1.807, 2.05) is 0 Å². The Morgan fingerprint density at radius 3 is 2.56 bits per heavy atom. The molecule has 2 aliphatic rings. The first-order valence-corrected chi connectivity index (χ1v) is 11.1. The molecule has 2 N–H and O–H groups in total. The highest BCUT2D eigenvalue weighted by atomic mass is 32.2. The van der Waals surface area contributed by atoms with Crippen LogP contribution < -0.4 is 5.32 Å². The topological polar surface area (TPSA) is 118 Å². The molecule has 1 aromatic rings. The van der Waals surface area contributed by atoms with Crippen LogP contribution in [0.15, 0.2) is 34.3 Å². The van der Waals surface area contributed by atoms with Crippen molar-refractivity contribution in [1.29, 1.82) is 0 Å². The summed E-state index contributed by atoms with van der Waals surface area (Å²) in [4.78, 5) is 5.16. The summed E-state index contributed by atoms with van der Waals surface area (Å²) in [5.74, 6) is 0.218. The van der Waals surface area contributed by atoms with E-state index in [1.54, 1.807) is 0 Å². The number of benzene rings is 1. The predicted octanol–water partition coefficient (Wildman–Crippen LogP) is 2.57. The van der Waals surface area contributed by atoms with E-state index in [9.17, 15) is 13.5 Å². The summed E-state index contributed by atoms with van der Waals surface area (Å²) >= 11 is 0. The van der Waals surface area contributed by atoms with Gasteiger partial charge >= 0.3 is 0 Å². The molecular weight excluding hydrogens is 366 g/mol. The van der Waals surface area contributed by atoms with Gasteiger partial charge in [-0.25, -0.2) is 8.42 Å². The zero-order chi connectivity index (χ0) is 19.3. The lowest BCUT2D eigenvalue weighted by atomic mass is 9.91. The number of nitrogens with one attached hydrogen (secondary N) is 1. The summed E-state index contributed by atoms with van der Waals surface area (Å²) < 4.78 is 26.9. The van der Waals surface area contributed by atoms with Crippen molar-refractivity contribution in [2.24, 2.45) is 11.0 Å². The quantitative estimate of drug-likeness (QED) is 0.437. The van der Waals surface area contributed by atoms with Crippen LogP contribution in [-0.4, -0.2) is 56.1 Å². The van der Waals surface area contributed by atoms with Crippen LogP contribution in [0.1, 0.15) is 32.1 Å². The third-order valence-corrected chi connectivity index (χ3v) is 7.81. The monoisotopic (exact) mass is 393 g/mol. The van der Waals surface area contributed by atoms with Crippen LogP contribution in [0.3, 0.4) is 0 Å². The summed E-state index contributed by atoms with van der Waals surface area (Å²) in [6.45, 7) is 2.66. The van der Waals surface area contributed by atoms with Crippen molar-refractivity contribution >= 4 is 15.5 Å². The van der Waals surface area contributed by atoms with Gasteiger partial charge in [0.15, 0.2) is 9.84 Å². The molecule has 2 saturated heterocycles. The molecule has 2 aliphatic heterocycles. The third kappa shape index (κ3) is 4.62. The summed E-state index contributed by atoms with van der Waals surface area (Å²) in [5.41, 5.74) is 8.92. The second-order valence-electron chi connectivity index (χ2n) is 7.30. The van der Waals surface area contributed by atoms with Crippen molar-refractivity contribution in [2.75, 3.05) is 26.2 Å². The van der Waals surface area contributed by atoms with Crippen LogP contribution in [0.2, 0.25) is 0 Å². The van der Waals surface area contributed by atoms with E-state index in [2.05, 4.69) is 20.2 Å². The average molecular weight is 394 g/mol. The molecule has 2 heterocycles. The van der Waals surface area contributed by atoms with E-state index >= 15 is 0 Å². The molecule has 0 spiro atoms. The van der Waals surface area contributed by atoms with Gasteiger partial charge in [0.2, 0.25) is 0 Å². The van der Waals surface area contributed by atoms with Gasteiger partial charge in [-0.05, 0) is 75.3 Å². The van der Waals surface area contributed by atoms with Gasteiger partial charge in [0.05, 0.1) is 4.90 Å². The first kappa shape index (κ1) is 20.1. The Hall–Kier alpha value is -1.64. The first-order valence-electron chi connectivity index (χ1n) is 9.52. The summed E-state index contributed by atoms with van der Waals surface area (Å²) in [6.07, 6.45) is 4.01. The Morgan fingerprint density at radius 1 is 1.22 bits per heavy atom. The largest absolute Gasteiger partial charge is 0.396 e. The van der Waals surface area contributed by atoms with Crippen molar-refractivity contribution in [2.45, 2.75) is 48.4 Å². The zero-order valence-corrected chi connectivity index (χ0v) is 16.2. The van der Waals surface area contributed by atoms with Crippen LogP contribution in [0.25, 0.3) is 10.4 Å². The minimum absolute atomic E-state index is 0.0889. The highest BCUT2D eigenvalue weighted by Gasteiger charge is 2.41. The van der Waals surface area contributed by atoms with Gasteiger partial charge in [0, 0.05) is 23.2 Å². The maximum Gasteiger partial charge on any atom is 0.194 e. The van der Waals surface area contributed by atoms with Gasteiger partial charge in [0.1, 0.15) is 5.37 Å². The number of piperidine rings is 2. The molecule has 8 nitrogen and oxygen atoms in total. The van der Waals surface area contributed by atoms with Gasteiger partial charge in [-0.1, -0.05) is 17.2 Å². The molecular formula is C18H27N5O3S. The van der Waals surface area contributed by atoms with Gasteiger partial charge in [-0.15, -0.1) is 0 Å². The van der Waals surface area contributed by atoms with Gasteiger partial charge < -0.3 is 10.4 Å². The van der Waals surface area contributed by atoms with E-state index in [4.69, 9.17) is 5.53 Å². The van der Waals surface area contributed by atoms with Crippen molar-refractivity contribution < 1.29 is 13.5 Å². The highest BCUT2D eigenvalue weighted by molar-refractivity contribution is 7.92. The SMILES string of the molecule is [N-]=[N+]=Nc1ccc(S(=O)(=O)C2CC(CCO)CCN2C2CCNCC2)cc1. The van der Waals surface area contributed by atoms with E-state index in [0.29, 0.717) is 18.5 Å². The molecule has 2 fully saturated rings. The Morgan fingerprint density at radius 2 is 1.93 bits per heavy atom. The lowest BCUT2D eigenvalue weighted by Gasteiger charge is -2.44. The number of sulfone groups is 1. The van der Waals surface area contributed by atoms with Crippen molar-refractivity contribution in [3.8, 4) is 0 Å². The fraction of sp³-hybridized carbons (Fsp3) is 0.667. The fourth-order valence-corrected chi connectivity index (χ4v) is 6.22. The van der Waals surface area contributed by atoms with Crippen LogP contribution in [-0.2, 0) is 9.84 Å². The number of nitrogens with zero attached hydrogens (tertiary/aromatic N) is 4. The molecule has 0 aromatic heterocycles. The smallest absolute Gasteiger partial charge is 0.194 e. The Bertz CT molecular complexity index is 771. The van der Waals surface area contributed by atoms with Gasteiger partial charge in [-0.3, -0.25) is 4.90 Å². The number of aliphatic hydroxyl groups is 1. The zero-order valence-electron chi connectivity index (χ0n) is 15.4. The standard InChI is InChI=1S/C18H27N5O3S/c19-22-21-15-1-3-17(4-2-15)27(25,26)18-13-14(8-12-24)7-11-23(18)16-5-9-20-10-6-16/h1-4,14,16,18,20,24H,5-13H2. The normalized spacial score (nSPS) is 25.1.